The third-order valence-corrected chi connectivity index (χ3v) is 4.39. The van der Waals surface area contributed by atoms with E-state index in [1.807, 2.05) is 25.2 Å². The van der Waals surface area contributed by atoms with Crippen LogP contribution in [0.5, 0.6) is 0 Å². The molecule has 1 aliphatic rings. The smallest absolute Gasteiger partial charge is 0.0439 e. The lowest BCUT2D eigenvalue weighted by atomic mass is 9.92. The Bertz CT molecular complexity index is 372. The molecule has 3 heteroatoms. The van der Waals surface area contributed by atoms with Crippen molar-refractivity contribution in [3.8, 4) is 0 Å². The summed E-state index contributed by atoms with van der Waals surface area (Å²) in [6.45, 7) is 0. The summed E-state index contributed by atoms with van der Waals surface area (Å²) in [7, 11) is 2.04. The van der Waals surface area contributed by atoms with Crippen LogP contribution < -0.4 is 5.32 Å². The molecule has 1 saturated carbocycles. The molecule has 94 valence electrons. The molecule has 1 atom stereocenters. The number of nitrogens with one attached hydrogen (secondary N) is 1. The van der Waals surface area contributed by atoms with Crippen LogP contribution in [0, 0.1) is 5.92 Å². The van der Waals surface area contributed by atoms with Gasteiger partial charge in [-0.2, -0.15) is 0 Å². The van der Waals surface area contributed by atoms with Crippen LogP contribution in [0.3, 0.4) is 0 Å². The maximum Gasteiger partial charge on any atom is 0.0439 e. The summed E-state index contributed by atoms with van der Waals surface area (Å²) >= 11 is 12.2. The monoisotopic (exact) mass is 271 g/mol. The molecule has 0 radical (unpaired) electrons. The fourth-order valence-corrected chi connectivity index (χ4v) is 3.19. The lowest BCUT2D eigenvalue weighted by molar-refractivity contribution is 0.377. The van der Waals surface area contributed by atoms with Gasteiger partial charge in [0.2, 0.25) is 0 Å². The van der Waals surface area contributed by atoms with Crippen LogP contribution in [-0.2, 0) is 6.42 Å². The maximum atomic E-state index is 6.22. The summed E-state index contributed by atoms with van der Waals surface area (Å²) in [5, 5.41) is 5.03. The summed E-state index contributed by atoms with van der Waals surface area (Å²) in [5.41, 5.74) is 1.16. The Labute approximate surface area is 114 Å². The molecular weight excluding hydrogens is 253 g/mol. The normalized spacial score (nSPS) is 18.5. The molecule has 1 unspecified atom stereocenters. The van der Waals surface area contributed by atoms with E-state index in [-0.39, 0.29) is 0 Å². The molecule has 0 bridgehead atoms. The summed E-state index contributed by atoms with van der Waals surface area (Å²) in [4.78, 5) is 0. The van der Waals surface area contributed by atoms with E-state index in [2.05, 4.69) is 5.32 Å². The highest BCUT2D eigenvalue weighted by molar-refractivity contribution is 6.33. The highest BCUT2D eigenvalue weighted by Crippen LogP contribution is 2.31. The number of hydrogen-bond acceptors (Lipinski definition) is 1. The molecular formula is C14H19Cl2N. The number of rotatable bonds is 4. The van der Waals surface area contributed by atoms with Crippen molar-refractivity contribution < 1.29 is 0 Å². The van der Waals surface area contributed by atoms with Gasteiger partial charge in [0.25, 0.3) is 0 Å². The summed E-state index contributed by atoms with van der Waals surface area (Å²) in [6.07, 6.45) is 6.38. The summed E-state index contributed by atoms with van der Waals surface area (Å²) < 4.78 is 0. The molecule has 1 N–H and O–H groups in total. The van der Waals surface area contributed by atoms with Crippen molar-refractivity contribution in [2.75, 3.05) is 7.05 Å². The van der Waals surface area contributed by atoms with Gasteiger partial charge < -0.3 is 5.32 Å². The van der Waals surface area contributed by atoms with Crippen LogP contribution in [0.15, 0.2) is 18.2 Å². The van der Waals surface area contributed by atoms with Crippen LogP contribution in [0.25, 0.3) is 0 Å². The third-order valence-electron chi connectivity index (χ3n) is 3.79. The van der Waals surface area contributed by atoms with Gasteiger partial charge in [0.15, 0.2) is 0 Å². The van der Waals surface area contributed by atoms with Crippen molar-refractivity contribution in [2.24, 2.45) is 5.92 Å². The minimum absolute atomic E-state index is 0.522. The number of likely N-dealkylation sites (N-methyl/N-ethyl adjacent to an activating group) is 1. The van der Waals surface area contributed by atoms with Crippen molar-refractivity contribution in [3.05, 3.63) is 33.8 Å². The van der Waals surface area contributed by atoms with E-state index >= 15 is 0 Å². The van der Waals surface area contributed by atoms with E-state index in [9.17, 15) is 0 Å². The number of halogens is 2. The predicted octanol–water partition coefficient (Wildman–Crippen LogP) is 4.31. The minimum Gasteiger partial charge on any atom is -0.316 e. The minimum atomic E-state index is 0.522. The number of hydrogen-bond donors (Lipinski definition) is 1. The molecule has 0 amide bonds. The van der Waals surface area contributed by atoms with E-state index in [1.54, 1.807) is 0 Å². The van der Waals surface area contributed by atoms with Crippen LogP contribution in [-0.4, -0.2) is 13.1 Å². The molecule has 2 rings (SSSR count). The molecule has 1 fully saturated rings. The Morgan fingerprint density at radius 1 is 1.29 bits per heavy atom. The molecule has 0 aliphatic heterocycles. The first-order valence-corrected chi connectivity index (χ1v) is 7.07. The SMILES string of the molecule is CNC(Cc1cc(Cl)ccc1Cl)C1CCCC1. The fraction of sp³-hybridized carbons (Fsp3) is 0.571. The van der Waals surface area contributed by atoms with Crippen molar-refractivity contribution >= 4 is 23.2 Å². The third kappa shape index (κ3) is 3.37. The van der Waals surface area contributed by atoms with E-state index in [0.717, 1.165) is 27.9 Å². The van der Waals surface area contributed by atoms with Gasteiger partial charge in [-0.05, 0) is 56.0 Å². The Hall–Kier alpha value is -0.240. The molecule has 0 aromatic heterocycles. The molecule has 0 heterocycles. The second-order valence-corrected chi connectivity index (χ2v) is 5.72. The molecule has 1 aliphatic carbocycles. The predicted molar refractivity (Wildman–Crippen MR) is 75.0 cm³/mol. The molecule has 0 spiro atoms. The highest BCUT2D eigenvalue weighted by Gasteiger charge is 2.24. The Balaban J connectivity index is 2.09. The number of benzene rings is 1. The zero-order valence-corrected chi connectivity index (χ0v) is 11.7. The molecule has 1 nitrogen and oxygen atoms in total. The Morgan fingerprint density at radius 3 is 2.65 bits per heavy atom. The van der Waals surface area contributed by atoms with E-state index in [1.165, 1.54) is 25.7 Å². The Morgan fingerprint density at radius 2 is 2.00 bits per heavy atom. The van der Waals surface area contributed by atoms with Gasteiger partial charge in [-0.25, -0.2) is 0 Å². The van der Waals surface area contributed by atoms with Crippen LogP contribution in [0.2, 0.25) is 10.0 Å². The van der Waals surface area contributed by atoms with E-state index in [4.69, 9.17) is 23.2 Å². The van der Waals surface area contributed by atoms with E-state index in [0.29, 0.717) is 6.04 Å². The lowest BCUT2D eigenvalue weighted by Crippen LogP contribution is -2.34. The molecule has 0 saturated heterocycles. The molecule has 17 heavy (non-hydrogen) atoms. The van der Waals surface area contributed by atoms with Gasteiger partial charge in [0, 0.05) is 16.1 Å². The van der Waals surface area contributed by atoms with Crippen LogP contribution in [0.4, 0.5) is 0 Å². The Kier molecular flexibility index (Phi) is 4.72. The first-order valence-electron chi connectivity index (χ1n) is 6.32. The van der Waals surface area contributed by atoms with Gasteiger partial charge in [-0.15, -0.1) is 0 Å². The average Bonchev–Trinajstić information content (AvgIpc) is 2.84. The van der Waals surface area contributed by atoms with Crippen molar-refractivity contribution in [3.63, 3.8) is 0 Å². The second kappa shape index (κ2) is 6.08. The quantitative estimate of drug-likeness (QED) is 0.861. The van der Waals surface area contributed by atoms with E-state index < -0.39 is 0 Å². The van der Waals surface area contributed by atoms with Gasteiger partial charge in [-0.3, -0.25) is 0 Å². The van der Waals surface area contributed by atoms with Crippen LogP contribution >= 0.6 is 23.2 Å². The zero-order valence-electron chi connectivity index (χ0n) is 10.2. The van der Waals surface area contributed by atoms with Crippen molar-refractivity contribution in [2.45, 2.75) is 38.1 Å². The first kappa shape index (κ1) is 13.2. The summed E-state index contributed by atoms with van der Waals surface area (Å²) in [5.74, 6) is 0.787. The topological polar surface area (TPSA) is 12.0 Å². The average molecular weight is 272 g/mol. The van der Waals surface area contributed by atoms with Crippen LogP contribution in [0.1, 0.15) is 31.2 Å². The summed E-state index contributed by atoms with van der Waals surface area (Å²) in [6, 6.07) is 6.25. The fourth-order valence-electron chi connectivity index (χ4n) is 2.80. The molecule has 1 aromatic carbocycles. The van der Waals surface area contributed by atoms with Crippen molar-refractivity contribution in [1.29, 1.82) is 0 Å². The molecule has 1 aromatic rings. The van der Waals surface area contributed by atoms with Gasteiger partial charge in [0.05, 0.1) is 0 Å². The second-order valence-electron chi connectivity index (χ2n) is 4.88. The maximum absolute atomic E-state index is 6.22. The van der Waals surface area contributed by atoms with Crippen molar-refractivity contribution in [1.82, 2.24) is 5.32 Å². The highest BCUT2D eigenvalue weighted by atomic mass is 35.5. The van der Waals surface area contributed by atoms with Gasteiger partial charge in [-0.1, -0.05) is 36.0 Å². The zero-order chi connectivity index (χ0) is 12.3. The first-order chi connectivity index (χ1) is 8.20. The standard InChI is InChI=1S/C14H19Cl2N/c1-17-14(10-4-2-3-5-10)9-11-8-12(15)6-7-13(11)16/h6-8,10,14,17H,2-5,9H2,1H3. The van der Waals surface area contributed by atoms with Gasteiger partial charge in [0.1, 0.15) is 0 Å². The lowest BCUT2D eigenvalue weighted by Gasteiger charge is -2.23. The van der Waals surface area contributed by atoms with Gasteiger partial charge >= 0.3 is 0 Å². The largest absolute Gasteiger partial charge is 0.316 e.